The Kier molecular flexibility index (Phi) is 4.33. The highest BCUT2D eigenvalue weighted by molar-refractivity contribution is 7.89. The summed E-state index contributed by atoms with van der Waals surface area (Å²) in [6, 6.07) is 2.77. The molecule has 100 valence electrons. The van der Waals surface area contributed by atoms with Gasteiger partial charge >= 0.3 is 5.69 Å². The van der Waals surface area contributed by atoms with Crippen LogP contribution in [0, 0.1) is 15.9 Å². The van der Waals surface area contributed by atoms with Gasteiger partial charge in [0.15, 0.2) is 4.90 Å². The van der Waals surface area contributed by atoms with Gasteiger partial charge < -0.3 is 5.11 Å². The van der Waals surface area contributed by atoms with Gasteiger partial charge in [-0.05, 0) is 19.1 Å². The molecule has 0 radical (unpaired) electrons. The molecule has 7 nitrogen and oxygen atoms in total. The topological polar surface area (TPSA) is 110 Å². The van der Waals surface area contributed by atoms with Crippen LogP contribution < -0.4 is 4.72 Å². The van der Waals surface area contributed by atoms with Gasteiger partial charge in [0.2, 0.25) is 15.8 Å². The van der Waals surface area contributed by atoms with Crippen LogP contribution in [0.15, 0.2) is 23.1 Å². The number of benzene rings is 1. The maximum Gasteiger partial charge on any atom is 0.324 e. The molecule has 0 spiro atoms. The molecule has 0 aliphatic carbocycles. The van der Waals surface area contributed by atoms with Crippen molar-refractivity contribution in [1.82, 2.24) is 4.72 Å². The number of nitrogens with zero attached hydrogens (tertiary/aromatic N) is 1. The molecule has 2 N–H and O–H groups in total. The van der Waals surface area contributed by atoms with Crippen molar-refractivity contribution in [2.45, 2.75) is 17.9 Å². The molecule has 9 heteroatoms. The number of para-hydroxylation sites is 1. The highest BCUT2D eigenvalue weighted by Gasteiger charge is 2.29. The number of hydrogen-bond donors (Lipinski definition) is 2. The summed E-state index contributed by atoms with van der Waals surface area (Å²) in [6.45, 7) is 1.01. The van der Waals surface area contributed by atoms with Gasteiger partial charge in [-0.3, -0.25) is 10.1 Å². The van der Waals surface area contributed by atoms with Crippen LogP contribution in [0.2, 0.25) is 0 Å². The van der Waals surface area contributed by atoms with E-state index in [1.807, 2.05) is 4.72 Å². The van der Waals surface area contributed by atoms with Crippen LogP contribution in [0.5, 0.6) is 0 Å². The lowest BCUT2D eigenvalue weighted by molar-refractivity contribution is -0.390. The molecule has 0 amide bonds. The van der Waals surface area contributed by atoms with Crippen molar-refractivity contribution >= 4 is 15.7 Å². The van der Waals surface area contributed by atoms with Gasteiger partial charge in [-0.1, -0.05) is 6.07 Å². The molecule has 0 heterocycles. The van der Waals surface area contributed by atoms with E-state index >= 15 is 0 Å². The molecule has 1 rings (SSSR count). The molecule has 1 atom stereocenters. The van der Waals surface area contributed by atoms with Crippen molar-refractivity contribution in [3.05, 3.63) is 34.1 Å². The third kappa shape index (κ3) is 3.22. The summed E-state index contributed by atoms with van der Waals surface area (Å²) in [5, 5.41) is 19.6. The number of aliphatic hydroxyl groups is 1. The van der Waals surface area contributed by atoms with E-state index in [4.69, 9.17) is 5.11 Å². The average Bonchev–Trinajstić information content (AvgIpc) is 2.25. The lowest BCUT2D eigenvalue weighted by Crippen LogP contribution is -2.31. The fourth-order valence-corrected chi connectivity index (χ4v) is 2.50. The van der Waals surface area contributed by atoms with E-state index < -0.39 is 37.5 Å². The second kappa shape index (κ2) is 5.38. The Balaban J connectivity index is 3.24. The number of rotatable bonds is 5. The summed E-state index contributed by atoms with van der Waals surface area (Å²) in [5.41, 5.74) is -1.12. The number of sulfonamides is 1. The van der Waals surface area contributed by atoms with Gasteiger partial charge in [-0.2, -0.15) is 4.39 Å². The van der Waals surface area contributed by atoms with Gasteiger partial charge in [0.1, 0.15) is 0 Å². The Morgan fingerprint density at radius 2 is 2.17 bits per heavy atom. The van der Waals surface area contributed by atoms with E-state index in [1.54, 1.807) is 0 Å². The van der Waals surface area contributed by atoms with E-state index in [9.17, 15) is 22.9 Å². The maximum atomic E-state index is 13.2. The predicted molar refractivity (Wildman–Crippen MR) is 59.9 cm³/mol. The Labute approximate surface area is 102 Å². The fourth-order valence-electron chi connectivity index (χ4n) is 1.20. The quantitative estimate of drug-likeness (QED) is 0.598. The first-order valence-electron chi connectivity index (χ1n) is 4.86. The SMILES string of the molecule is CC(O)CNS(=O)(=O)c1cccc(F)c1[N+](=O)[O-]. The van der Waals surface area contributed by atoms with E-state index in [-0.39, 0.29) is 6.54 Å². The zero-order chi connectivity index (χ0) is 13.9. The Morgan fingerprint density at radius 3 is 2.67 bits per heavy atom. The molecule has 1 aromatic carbocycles. The van der Waals surface area contributed by atoms with Crippen LogP contribution in [0.4, 0.5) is 10.1 Å². The van der Waals surface area contributed by atoms with Gasteiger partial charge in [0, 0.05) is 6.54 Å². The second-order valence-electron chi connectivity index (χ2n) is 3.54. The van der Waals surface area contributed by atoms with Crippen molar-refractivity contribution < 1.29 is 22.8 Å². The number of nitro benzene ring substituents is 1. The van der Waals surface area contributed by atoms with Crippen molar-refractivity contribution in [1.29, 1.82) is 0 Å². The molecule has 1 aromatic rings. The largest absolute Gasteiger partial charge is 0.392 e. The molecule has 0 aliphatic heterocycles. The van der Waals surface area contributed by atoms with E-state index in [1.165, 1.54) is 6.92 Å². The molecule has 0 fully saturated rings. The maximum absolute atomic E-state index is 13.2. The van der Waals surface area contributed by atoms with E-state index in [0.717, 1.165) is 18.2 Å². The molecule has 0 bridgehead atoms. The Bertz CT molecular complexity index is 558. The van der Waals surface area contributed by atoms with Crippen LogP contribution in [-0.2, 0) is 10.0 Å². The molecular formula is C9H11FN2O5S. The standard InChI is InChI=1S/C9H11FN2O5S/c1-6(13)5-11-18(16,17)8-4-2-3-7(10)9(8)12(14)15/h2-4,6,11,13H,5H2,1H3. The minimum Gasteiger partial charge on any atom is -0.392 e. The molecule has 1 unspecified atom stereocenters. The monoisotopic (exact) mass is 278 g/mol. The number of aliphatic hydroxyl groups excluding tert-OH is 1. The number of nitro groups is 1. The Hall–Kier alpha value is -1.58. The summed E-state index contributed by atoms with van der Waals surface area (Å²) in [5.74, 6) is -1.24. The van der Waals surface area contributed by atoms with E-state index in [2.05, 4.69) is 0 Å². The van der Waals surface area contributed by atoms with Crippen LogP contribution >= 0.6 is 0 Å². The van der Waals surface area contributed by atoms with Gasteiger partial charge in [0.25, 0.3) is 0 Å². The highest BCUT2D eigenvalue weighted by Crippen LogP contribution is 2.26. The highest BCUT2D eigenvalue weighted by atomic mass is 32.2. The minimum atomic E-state index is -4.25. The molecule has 0 aliphatic rings. The van der Waals surface area contributed by atoms with Crippen molar-refractivity contribution in [2.75, 3.05) is 6.54 Å². The van der Waals surface area contributed by atoms with Crippen LogP contribution in [0.3, 0.4) is 0 Å². The van der Waals surface area contributed by atoms with Gasteiger partial charge in [-0.25, -0.2) is 13.1 Å². The van der Waals surface area contributed by atoms with Crippen LogP contribution in [0.1, 0.15) is 6.92 Å². The minimum absolute atomic E-state index is 0.323. The summed E-state index contributed by atoms with van der Waals surface area (Å²) < 4.78 is 38.6. The summed E-state index contributed by atoms with van der Waals surface area (Å²) in [7, 11) is -4.25. The second-order valence-corrected chi connectivity index (χ2v) is 5.28. The lowest BCUT2D eigenvalue weighted by Gasteiger charge is -2.08. The van der Waals surface area contributed by atoms with E-state index in [0.29, 0.717) is 0 Å². The third-order valence-corrected chi connectivity index (χ3v) is 3.45. The molecular weight excluding hydrogens is 267 g/mol. The zero-order valence-corrected chi connectivity index (χ0v) is 10.1. The average molecular weight is 278 g/mol. The first kappa shape index (κ1) is 14.5. The van der Waals surface area contributed by atoms with Crippen molar-refractivity contribution in [3.8, 4) is 0 Å². The van der Waals surface area contributed by atoms with Crippen LogP contribution in [-0.4, -0.2) is 31.1 Å². The number of nitrogens with one attached hydrogen (secondary N) is 1. The normalized spacial score (nSPS) is 13.3. The van der Waals surface area contributed by atoms with Gasteiger partial charge in [0.05, 0.1) is 11.0 Å². The molecule has 0 saturated heterocycles. The van der Waals surface area contributed by atoms with Crippen LogP contribution in [0.25, 0.3) is 0 Å². The first-order valence-corrected chi connectivity index (χ1v) is 6.34. The zero-order valence-electron chi connectivity index (χ0n) is 9.33. The number of hydrogen-bond acceptors (Lipinski definition) is 5. The lowest BCUT2D eigenvalue weighted by atomic mass is 10.3. The summed E-state index contributed by atoms with van der Waals surface area (Å²) in [6.07, 6.45) is -0.965. The molecule has 18 heavy (non-hydrogen) atoms. The smallest absolute Gasteiger partial charge is 0.324 e. The first-order chi connectivity index (χ1) is 8.25. The fraction of sp³-hybridized carbons (Fsp3) is 0.333. The summed E-state index contributed by atoms with van der Waals surface area (Å²) >= 11 is 0. The number of halogens is 1. The third-order valence-electron chi connectivity index (χ3n) is 1.99. The predicted octanol–water partition coefficient (Wildman–Crippen LogP) is 0.393. The Morgan fingerprint density at radius 1 is 1.56 bits per heavy atom. The molecule has 0 aromatic heterocycles. The van der Waals surface area contributed by atoms with Gasteiger partial charge in [-0.15, -0.1) is 0 Å². The summed E-state index contributed by atoms with van der Waals surface area (Å²) in [4.78, 5) is 8.78. The molecule has 0 saturated carbocycles. The van der Waals surface area contributed by atoms with Crippen molar-refractivity contribution in [3.63, 3.8) is 0 Å². The van der Waals surface area contributed by atoms with Crippen molar-refractivity contribution in [2.24, 2.45) is 0 Å².